The van der Waals surface area contributed by atoms with E-state index in [2.05, 4.69) is 5.32 Å². The van der Waals surface area contributed by atoms with Gasteiger partial charge in [-0.2, -0.15) is 0 Å². The predicted molar refractivity (Wildman–Crippen MR) is 88.6 cm³/mol. The number of benzene rings is 1. The third-order valence-electron chi connectivity index (χ3n) is 4.62. The lowest BCUT2D eigenvalue weighted by atomic mass is 9.86. The molecule has 1 atom stereocenters. The molecule has 1 saturated heterocycles. The quantitative estimate of drug-likeness (QED) is 0.729. The Hall–Kier alpha value is -2.35. The standard InChI is InChI=1S/C16H19BN3O4/c1-19-12-7-11(5-4-10(12)8-14(19)21)16(23)18-9-15(22)20-6-2-3-13(20)17-24/h4-5,7,13,24H,2-3,6,8-9H2,1H3,(H,18,23). The molecule has 3 rings (SSSR count). The van der Waals surface area contributed by atoms with Crippen molar-refractivity contribution in [1.82, 2.24) is 10.2 Å². The van der Waals surface area contributed by atoms with Crippen molar-refractivity contribution in [2.24, 2.45) is 0 Å². The summed E-state index contributed by atoms with van der Waals surface area (Å²) in [5.74, 6) is -0.848. The molecule has 2 aliphatic heterocycles. The molecule has 1 fully saturated rings. The first-order valence-electron chi connectivity index (χ1n) is 7.96. The summed E-state index contributed by atoms with van der Waals surface area (Å²) in [5.41, 5.74) is 2.04. The second kappa shape index (κ2) is 6.64. The van der Waals surface area contributed by atoms with E-state index in [1.807, 2.05) is 0 Å². The van der Waals surface area contributed by atoms with Crippen LogP contribution in [0, 0.1) is 0 Å². The Morgan fingerprint density at radius 2 is 2.21 bits per heavy atom. The fourth-order valence-electron chi connectivity index (χ4n) is 3.20. The summed E-state index contributed by atoms with van der Waals surface area (Å²) in [5, 5.41) is 11.7. The highest BCUT2D eigenvalue weighted by Crippen LogP contribution is 2.28. The maximum absolute atomic E-state index is 12.3. The fourth-order valence-corrected chi connectivity index (χ4v) is 3.20. The Morgan fingerprint density at radius 3 is 2.96 bits per heavy atom. The minimum absolute atomic E-state index is 0.00179. The number of anilines is 1. The van der Waals surface area contributed by atoms with Crippen molar-refractivity contribution in [2.45, 2.75) is 25.2 Å². The zero-order valence-electron chi connectivity index (χ0n) is 13.5. The zero-order valence-corrected chi connectivity index (χ0v) is 13.5. The van der Waals surface area contributed by atoms with Gasteiger partial charge in [0.15, 0.2) is 0 Å². The Balaban J connectivity index is 1.62. The Morgan fingerprint density at radius 1 is 1.42 bits per heavy atom. The third kappa shape index (κ3) is 3.01. The van der Waals surface area contributed by atoms with E-state index in [1.165, 1.54) is 4.90 Å². The summed E-state index contributed by atoms with van der Waals surface area (Å²) in [7, 11) is 2.71. The van der Waals surface area contributed by atoms with Gasteiger partial charge in [0.2, 0.25) is 11.8 Å². The van der Waals surface area contributed by atoms with Crippen LogP contribution in [-0.4, -0.2) is 61.2 Å². The molecule has 2 heterocycles. The molecule has 7 nitrogen and oxygen atoms in total. The topological polar surface area (TPSA) is 90.0 Å². The first kappa shape index (κ1) is 16.5. The number of likely N-dealkylation sites (N-methyl/N-ethyl adjacent to an activating group) is 1. The van der Waals surface area contributed by atoms with Gasteiger partial charge >= 0.3 is 7.48 Å². The van der Waals surface area contributed by atoms with E-state index >= 15 is 0 Å². The SMILES string of the molecule is CN1C(=O)Cc2ccc(C(=O)NCC(=O)N3CCCC3[B]O)cc21. The van der Waals surface area contributed by atoms with Gasteiger partial charge in [0, 0.05) is 30.8 Å². The van der Waals surface area contributed by atoms with Crippen molar-refractivity contribution < 1.29 is 19.4 Å². The van der Waals surface area contributed by atoms with E-state index in [1.54, 1.807) is 30.1 Å². The minimum atomic E-state index is -0.359. The van der Waals surface area contributed by atoms with Crippen LogP contribution in [0.25, 0.3) is 0 Å². The number of amides is 3. The van der Waals surface area contributed by atoms with E-state index in [9.17, 15) is 14.4 Å². The monoisotopic (exact) mass is 328 g/mol. The molecule has 1 unspecified atom stereocenters. The molecule has 2 N–H and O–H groups in total. The summed E-state index contributed by atoms with van der Waals surface area (Å²) in [6.07, 6.45) is 1.92. The molecule has 1 aromatic rings. The van der Waals surface area contributed by atoms with Crippen molar-refractivity contribution in [3.8, 4) is 0 Å². The van der Waals surface area contributed by atoms with Gasteiger partial charge < -0.3 is 20.1 Å². The van der Waals surface area contributed by atoms with Crippen molar-refractivity contribution in [2.75, 3.05) is 25.0 Å². The van der Waals surface area contributed by atoms with Gasteiger partial charge in [0.1, 0.15) is 0 Å². The van der Waals surface area contributed by atoms with Crippen LogP contribution in [0.2, 0.25) is 0 Å². The van der Waals surface area contributed by atoms with Gasteiger partial charge in [-0.15, -0.1) is 0 Å². The lowest BCUT2D eigenvalue weighted by Gasteiger charge is -2.22. The van der Waals surface area contributed by atoms with Gasteiger partial charge in [0.25, 0.3) is 5.91 Å². The fraction of sp³-hybridized carbons (Fsp3) is 0.438. The second-order valence-corrected chi connectivity index (χ2v) is 6.10. The number of hydrogen-bond acceptors (Lipinski definition) is 4. The summed E-state index contributed by atoms with van der Waals surface area (Å²) < 4.78 is 0. The Kier molecular flexibility index (Phi) is 4.57. The lowest BCUT2D eigenvalue weighted by Crippen LogP contribution is -2.44. The van der Waals surface area contributed by atoms with E-state index in [4.69, 9.17) is 5.02 Å². The number of hydrogen-bond donors (Lipinski definition) is 2. The maximum Gasteiger partial charge on any atom is 0.312 e. The van der Waals surface area contributed by atoms with Gasteiger partial charge in [-0.1, -0.05) is 6.07 Å². The third-order valence-corrected chi connectivity index (χ3v) is 4.62. The normalized spacial score (nSPS) is 19.4. The smallest absolute Gasteiger partial charge is 0.312 e. The van der Waals surface area contributed by atoms with Crippen molar-refractivity contribution in [3.63, 3.8) is 0 Å². The number of likely N-dealkylation sites (tertiary alicyclic amines) is 1. The molecule has 0 aromatic heterocycles. The summed E-state index contributed by atoms with van der Waals surface area (Å²) in [6.45, 7) is 0.469. The van der Waals surface area contributed by atoms with Crippen molar-refractivity contribution in [1.29, 1.82) is 0 Å². The van der Waals surface area contributed by atoms with E-state index < -0.39 is 0 Å². The van der Waals surface area contributed by atoms with Gasteiger partial charge in [-0.3, -0.25) is 14.4 Å². The molecule has 125 valence electrons. The molecule has 0 aliphatic carbocycles. The summed E-state index contributed by atoms with van der Waals surface area (Å²) >= 11 is 0. The number of nitrogens with zero attached hydrogens (tertiary/aromatic N) is 2. The number of nitrogens with one attached hydrogen (secondary N) is 1. The van der Waals surface area contributed by atoms with E-state index in [0.29, 0.717) is 18.5 Å². The highest BCUT2D eigenvalue weighted by molar-refractivity contribution is 6.28. The van der Waals surface area contributed by atoms with Crippen LogP contribution in [0.15, 0.2) is 18.2 Å². The summed E-state index contributed by atoms with van der Waals surface area (Å²) in [4.78, 5) is 39.2. The zero-order chi connectivity index (χ0) is 17.3. The molecule has 1 aromatic carbocycles. The number of fused-ring (bicyclic) bond motifs is 1. The maximum atomic E-state index is 12.3. The van der Waals surface area contributed by atoms with E-state index in [0.717, 1.165) is 31.6 Å². The van der Waals surface area contributed by atoms with Gasteiger partial charge in [0.05, 0.1) is 13.0 Å². The van der Waals surface area contributed by atoms with Crippen LogP contribution in [0.4, 0.5) is 5.69 Å². The number of carbonyl (C=O) groups excluding carboxylic acids is 3. The first-order chi connectivity index (χ1) is 11.5. The highest BCUT2D eigenvalue weighted by Gasteiger charge is 2.29. The molecular formula is C16H19BN3O4. The number of rotatable bonds is 4. The molecule has 24 heavy (non-hydrogen) atoms. The molecule has 2 aliphatic rings. The number of carbonyl (C=O) groups is 3. The predicted octanol–water partition coefficient (Wildman–Crippen LogP) is -0.505. The average Bonchev–Trinajstić information content (AvgIpc) is 3.17. The van der Waals surface area contributed by atoms with Crippen LogP contribution < -0.4 is 10.2 Å². The van der Waals surface area contributed by atoms with Gasteiger partial charge in [-0.05, 0) is 30.5 Å². The molecule has 0 bridgehead atoms. The van der Waals surface area contributed by atoms with Crippen molar-refractivity contribution >= 4 is 30.9 Å². The molecular weight excluding hydrogens is 309 g/mol. The minimum Gasteiger partial charge on any atom is -0.452 e. The molecule has 8 heteroatoms. The van der Waals surface area contributed by atoms with Crippen LogP contribution in [0.1, 0.15) is 28.8 Å². The largest absolute Gasteiger partial charge is 0.452 e. The van der Waals surface area contributed by atoms with Gasteiger partial charge in [-0.25, -0.2) is 0 Å². The molecule has 3 amide bonds. The average molecular weight is 328 g/mol. The highest BCUT2D eigenvalue weighted by atomic mass is 16.2. The first-order valence-corrected chi connectivity index (χ1v) is 7.96. The lowest BCUT2D eigenvalue weighted by molar-refractivity contribution is -0.129. The molecule has 0 saturated carbocycles. The second-order valence-electron chi connectivity index (χ2n) is 6.10. The van der Waals surface area contributed by atoms with E-state index in [-0.39, 0.29) is 30.2 Å². The Labute approximate surface area is 140 Å². The molecule has 1 radical (unpaired) electrons. The summed E-state index contributed by atoms with van der Waals surface area (Å²) in [6, 6.07) is 5.09. The van der Waals surface area contributed by atoms with Crippen LogP contribution in [0.3, 0.4) is 0 Å². The Bertz CT molecular complexity index is 694. The van der Waals surface area contributed by atoms with Crippen LogP contribution in [0.5, 0.6) is 0 Å². The van der Waals surface area contributed by atoms with Crippen molar-refractivity contribution in [3.05, 3.63) is 29.3 Å². The van der Waals surface area contributed by atoms with Crippen LogP contribution in [-0.2, 0) is 16.0 Å². The van der Waals surface area contributed by atoms with Crippen LogP contribution >= 0.6 is 0 Å². The molecule has 0 spiro atoms.